The van der Waals surface area contributed by atoms with E-state index in [0.29, 0.717) is 17.8 Å². The lowest BCUT2D eigenvalue weighted by Gasteiger charge is -2.58. The van der Waals surface area contributed by atoms with Crippen LogP contribution in [0.2, 0.25) is 0 Å². The molecule has 152 valence electrons. The third-order valence-corrected chi connectivity index (χ3v) is 9.42. The molecule has 1 spiro atoms. The molecule has 1 aliphatic heterocycles. The molecule has 1 heterocycles. The zero-order chi connectivity index (χ0) is 19.5. The second-order valence-corrected chi connectivity index (χ2v) is 9.91. The van der Waals surface area contributed by atoms with Gasteiger partial charge >= 0.3 is 5.97 Å². The highest BCUT2D eigenvalue weighted by atomic mass is 16.6. The van der Waals surface area contributed by atoms with E-state index in [4.69, 9.17) is 4.74 Å². The summed E-state index contributed by atoms with van der Waals surface area (Å²) in [5.74, 6) is 3.35. The Morgan fingerprint density at radius 1 is 1.25 bits per heavy atom. The molecule has 0 aromatic heterocycles. The van der Waals surface area contributed by atoms with Gasteiger partial charge in [-0.3, -0.25) is 0 Å². The molecule has 1 N–H and O–H groups in total. The summed E-state index contributed by atoms with van der Waals surface area (Å²) in [5, 5.41) is 12.8. The molecule has 6 unspecified atom stereocenters. The fourth-order valence-corrected chi connectivity index (χ4v) is 8.34. The van der Waals surface area contributed by atoms with Crippen molar-refractivity contribution in [1.29, 1.82) is 0 Å². The number of oxime groups is 1. The van der Waals surface area contributed by atoms with Crippen LogP contribution in [0.4, 0.5) is 0 Å². The van der Waals surface area contributed by atoms with E-state index in [-0.39, 0.29) is 17.0 Å². The maximum absolute atomic E-state index is 12.0. The van der Waals surface area contributed by atoms with Crippen molar-refractivity contribution < 1.29 is 14.7 Å². The lowest BCUT2D eigenvalue weighted by Crippen LogP contribution is -2.55. The van der Waals surface area contributed by atoms with Gasteiger partial charge in [-0.2, -0.15) is 0 Å². The molecule has 4 nitrogen and oxygen atoms in total. The van der Waals surface area contributed by atoms with Crippen molar-refractivity contribution in [1.82, 2.24) is 0 Å². The number of carbonyl (C=O) groups is 1. The van der Waals surface area contributed by atoms with E-state index in [1.807, 2.05) is 0 Å². The van der Waals surface area contributed by atoms with Gasteiger partial charge in [0.05, 0.1) is 5.71 Å². The predicted molar refractivity (Wildman–Crippen MR) is 108 cm³/mol. The van der Waals surface area contributed by atoms with E-state index < -0.39 is 0 Å². The van der Waals surface area contributed by atoms with Crippen LogP contribution in [0.15, 0.2) is 29.0 Å². The highest BCUT2D eigenvalue weighted by molar-refractivity contribution is 5.96. The second kappa shape index (κ2) is 6.47. The first-order chi connectivity index (χ1) is 13.6. The largest absolute Gasteiger partial charge is 0.451 e. The van der Waals surface area contributed by atoms with Crippen molar-refractivity contribution in [2.45, 2.75) is 77.2 Å². The molecule has 28 heavy (non-hydrogen) atoms. The molecule has 0 saturated heterocycles. The Bertz CT molecular complexity index is 768. The van der Waals surface area contributed by atoms with Crippen molar-refractivity contribution in [3.8, 4) is 0 Å². The molecule has 0 radical (unpaired) electrons. The summed E-state index contributed by atoms with van der Waals surface area (Å²) in [6.45, 7) is 4.66. The van der Waals surface area contributed by atoms with E-state index >= 15 is 0 Å². The molecular formula is C24H33NO3. The van der Waals surface area contributed by atoms with E-state index in [9.17, 15) is 10.0 Å². The lowest BCUT2D eigenvalue weighted by molar-refractivity contribution is -0.166. The van der Waals surface area contributed by atoms with Crippen LogP contribution in [0.1, 0.15) is 71.6 Å². The maximum Gasteiger partial charge on any atom is 0.331 e. The molecule has 0 aromatic carbocycles. The number of hydrogen-bond acceptors (Lipinski definition) is 4. The third kappa shape index (κ3) is 2.29. The number of carbonyl (C=O) groups excluding carboxylic acids is 1. The van der Waals surface area contributed by atoms with E-state index in [2.05, 4.69) is 31.2 Å². The SMILES string of the molecule is CCC1CC2=C/C(=N/O)CCC2C2CC[C@@]3(CC)C(CCC34C=CC(=O)O4)C12. The Labute approximate surface area is 168 Å². The lowest BCUT2D eigenvalue weighted by atomic mass is 9.47. The fraction of sp³-hybridized carbons (Fsp3) is 0.750. The number of ether oxygens (including phenoxy) is 1. The van der Waals surface area contributed by atoms with Gasteiger partial charge in [-0.25, -0.2) is 4.79 Å². The van der Waals surface area contributed by atoms with Gasteiger partial charge in [-0.05, 0) is 93.1 Å². The summed E-state index contributed by atoms with van der Waals surface area (Å²) in [6.07, 6.45) is 16.1. The summed E-state index contributed by atoms with van der Waals surface area (Å²) >= 11 is 0. The van der Waals surface area contributed by atoms with Gasteiger partial charge < -0.3 is 9.94 Å². The third-order valence-electron chi connectivity index (χ3n) is 9.42. The number of rotatable bonds is 2. The summed E-state index contributed by atoms with van der Waals surface area (Å²) in [5.41, 5.74) is 2.18. The Morgan fingerprint density at radius 3 is 2.79 bits per heavy atom. The van der Waals surface area contributed by atoms with Gasteiger partial charge in [0.2, 0.25) is 0 Å². The Morgan fingerprint density at radius 2 is 2.11 bits per heavy atom. The molecule has 4 heteroatoms. The summed E-state index contributed by atoms with van der Waals surface area (Å²) < 4.78 is 6.05. The van der Waals surface area contributed by atoms with Crippen LogP contribution in [0, 0.1) is 35.0 Å². The molecule has 0 amide bonds. The number of nitrogens with zero attached hydrogens (tertiary/aromatic N) is 1. The van der Waals surface area contributed by atoms with Crippen LogP contribution < -0.4 is 0 Å². The van der Waals surface area contributed by atoms with Crippen molar-refractivity contribution >= 4 is 11.7 Å². The van der Waals surface area contributed by atoms with Crippen molar-refractivity contribution in [2.75, 3.05) is 0 Å². The second-order valence-electron chi connectivity index (χ2n) is 9.91. The topological polar surface area (TPSA) is 58.9 Å². The zero-order valence-corrected chi connectivity index (χ0v) is 17.2. The minimum atomic E-state index is -0.341. The highest BCUT2D eigenvalue weighted by Gasteiger charge is 2.67. The highest BCUT2D eigenvalue weighted by Crippen LogP contribution is 2.69. The average molecular weight is 384 g/mol. The predicted octanol–water partition coefficient (Wildman–Crippen LogP) is 5.27. The Balaban J connectivity index is 1.53. The minimum Gasteiger partial charge on any atom is -0.451 e. The van der Waals surface area contributed by atoms with E-state index in [0.717, 1.165) is 49.7 Å². The monoisotopic (exact) mass is 383 g/mol. The molecule has 3 saturated carbocycles. The van der Waals surface area contributed by atoms with Crippen LogP contribution in [0.5, 0.6) is 0 Å². The van der Waals surface area contributed by atoms with Gasteiger partial charge in [0.1, 0.15) is 5.60 Å². The first-order valence-electron chi connectivity index (χ1n) is 11.4. The molecule has 3 fully saturated rings. The van der Waals surface area contributed by atoms with E-state index in [1.165, 1.54) is 31.3 Å². The van der Waals surface area contributed by atoms with Gasteiger partial charge in [0.15, 0.2) is 0 Å². The zero-order valence-electron chi connectivity index (χ0n) is 17.2. The van der Waals surface area contributed by atoms with E-state index in [1.54, 1.807) is 6.08 Å². The van der Waals surface area contributed by atoms with Gasteiger partial charge in [-0.15, -0.1) is 0 Å². The number of esters is 1. The minimum absolute atomic E-state index is 0.123. The number of allylic oxidation sites excluding steroid dienone is 2. The number of fused-ring (bicyclic) bond motifs is 6. The van der Waals surface area contributed by atoms with Crippen molar-refractivity contribution in [3.05, 3.63) is 23.8 Å². The Hall–Kier alpha value is -1.58. The van der Waals surface area contributed by atoms with Crippen molar-refractivity contribution in [3.63, 3.8) is 0 Å². The number of hydrogen-bond donors (Lipinski definition) is 1. The molecule has 5 aliphatic rings. The standard InChI is InChI=1S/C24H33NO3/c1-3-15-13-16-14-17(25-27)5-6-18(16)19-7-10-23(4-2)20(22(15)19)8-11-24(23)12-9-21(26)28-24/h9,12,14-15,18-20,22,27H,3-8,10-11,13H2,1-2H3/b25-17+/t15?,18?,19?,20?,22?,23-,24?/m0/s1. The van der Waals surface area contributed by atoms with Crippen LogP contribution in [-0.2, 0) is 9.53 Å². The first-order valence-corrected chi connectivity index (χ1v) is 11.4. The first kappa shape index (κ1) is 18.4. The van der Waals surface area contributed by atoms with Crippen LogP contribution in [0.3, 0.4) is 0 Å². The van der Waals surface area contributed by atoms with Crippen LogP contribution in [-0.4, -0.2) is 22.5 Å². The van der Waals surface area contributed by atoms with Crippen molar-refractivity contribution in [2.24, 2.45) is 40.2 Å². The summed E-state index contributed by atoms with van der Waals surface area (Å²) in [4.78, 5) is 12.0. The maximum atomic E-state index is 12.0. The molecular weight excluding hydrogens is 350 g/mol. The molecule has 0 bridgehead atoms. The fourth-order valence-electron chi connectivity index (χ4n) is 8.34. The van der Waals surface area contributed by atoms with Gasteiger partial charge in [-0.1, -0.05) is 31.0 Å². The molecule has 4 aliphatic carbocycles. The summed E-state index contributed by atoms with van der Waals surface area (Å²) in [6, 6.07) is 0. The van der Waals surface area contributed by atoms with Gasteiger partial charge in [0, 0.05) is 11.5 Å². The van der Waals surface area contributed by atoms with Gasteiger partial charge in [0.25, 0.3) is 0 Å². The molecule has 5 rings (SSSR count). The smallest absolute Gasteiger partial charge is 0.331 e. The molecule has 7 atom stereocenters. The van der Waals surface area contributed by atoms with Crippen LogP contribution >= 0.6 is 0 Å². The van der Waals surface area contributed by atoms with Crippen LogP contribution in [0.25, 0.3) is 0 Å². The Kier molecular flexibility index (Phi) is 4.26. The normalized spacial score (nSPS) is 48.2. The molecule has 0 aromatic rings. The quantitative estimate of drug-likeness (QED) is 0.401. The average Bonchev–Trinajstić information content (AvgIpc) is 3.27. The summed E-state index contributed by atoms with van der Waals surface area (Å²) in [7, 11) is 0.